The first-order valence-corrected chi connectivity index (χ1v) is 19.4. The Kier molecular flexibility index (Phi) is 10.1. The van der Waals surface area contributed by atoms with E-state index in [0.29, 0.717) is 11.5 Å². The Morgan fingerprint density at radius 2 is 0.684 bits per heavy atom. The normalized spacial score (nSPS) is 11.7. The van der Waals surface area contributed by atoms with E-state index < -0.39 is 0 Å². The van der Waals surface area contributed by atoms with Crippen LogP contribution in [0, 0.1) is 0 Å². The molecule has 5 nitrogen and oxygen atoms in total. The van der Waals surface area contributed by atoms with Crippen LogP contribution in [-0.2, 0) is 10.8 Å². The smallest absolute Gasteiger partial charge is 0.128 e. The van der Waals surface area contributed by atoms with Crippen molar-refractivity contribution < 1.29 is 4.74 Å². The summed E-state index contributed by atoms with van der Waals surface area (Å²) < 4.78 is 6.85. The summed E-state index contributed by atoms with van der Waals surface area (Å²) in [4.78, 5) is 0. The van der Waals surface area contributed by atoms with Gasteiger partial charge in [0.05, 0.1) is 23.8 Å². The van der Waals surface area contributed by atoms with Gasteiger partial charge in [0.2, 0.25) is 0 Å². The Morgan fingerprint density at radius 1 is 0.333 bits per heavy atom. The van der Waals surface area contributed by atoms with Gasteiger partial charge < -0.3 is 4.74 Å². The van der Waals surface area contributed by atoms with E-state index in [1.807, 2.05) is 60.9 Å². The van der Waals surface area contributed by atoms with Gasteiger partial charge in [-0.1, -0.05) is 151 Å². The Hall–Kier alpha value is -6.72. The minimum absolute atomic E-state index is 0.0756. The van der Waals surface area contributed by atoms with Crippen LogP contribution in [0.3, 0.4) is 0 Å². The van der Waals surface area contributed by atoms with Gasteiger partial charge in [-0.3, -0.25) is 0 Å². The second-order valence-corrected chi connectivity index (χ2v) is 16.6. The Labute approximate surface area is 336 Å². The number of benzene rings is 6. The lowest BCUT2D eigenvalue weighted by atomic mass is 9.86. The van der Waals surface area contributed by atoms with Crippen molar-refractivity contribution in [2.24, 2.45) is 0 Å². The molecule has 280 valence electrons. The summed E-state index contributed by atoms with van der Waals surface area (Å²) in [6.07, 6.45) is 3.65. The van der Waals surface area contributed by atoms with Crippen LogP contribution in [0.2, 0.25) is 0 Å². The fourth-order valence-corrected chi connectivity index (χ4v) is 7.00. The standard InChI is InChI=1S/C52H46N4O/c1-51(2,3)45-21-17-37(18-22-45)43-31-49(55-53-33-43)41-25-39(35-13-9-7-10-14-35)27-47(29-41)57-48-28-40(36-15-11-8-12-16-36)26-42(30-48)50-32-44(34-54-56-50)38-19-23-46(24-20-38)52(4,5)6/h7-34H,1-6H3. The van der Waals surface area contributed by atoms with Gasteiger partial charge in [-0.05, 0) is 104 Å². The maximum atomic E-state index is 6.85. The van der Waals surface area contributed by atoms with Crippen LogP contribution in [0.5, 0.6) is 11.5 Å². The molecule has 0 aliphatic rings. The molecule has 2 aromatic heterocycles. The Bertz CT molecular complexity index is 2450. The molecule has 0 N–H and O–H groups in total. The van der Waals surface area contributed by atoms with Gasteiger partial charge in [-0.15, -0.1) is 0 Å². The van der Waals surface area contributed by atoms with Gasteiger partial charge in [0.25, 0.3) is 0 Å². The number of rotatable bonds is 8. The maximum absolute atomic E-state index is 6.85. The number of ether oxygens (including phenoxy) is 1. The lowest BCUT2D eigenvalue weighted by Gasteiger charge is -2.19. The van der Waals surface area contributed by atoms with Crippen LogP contribution in [0.15, 0.2) is 170 Å². The molecular formula is C52H46N4O. The second-order valence-electron chi connectivity index (χ2n) is 16.6. The molecule has 0 fully saturated rings. The minimum atomic E-state index is 0.0756. The summed E-state index contributed by atoms with van der Waals surface area (Å²) in [5.74, 6) is 1.37. The molecule has 8 rings (SSSR count). The summed E-state index contributed by atoms with van der Waals surface area (Å²) >= 11 is 0. The number of hydrogen-bond acceptors (Lipinski definition) is 5. The summed E-state index contributed by atoms with van der Waals surface area (Å²) in [6, 6.07) is 54.9. The Balaban J connectivity index is 1.19. The molecule has 0 saturated carbocycles. The quantitative estimate of drug-likeness (QED) is 0.155. The average Bonchev–Trinajstić information content (AvgIpc) is 3.23. The second kappa shape index (κ2) is 15.4. The van der Waals surface area contributed by atoms with Gasteiger partial charge in [-0.25, -0.2) is 0 Å². The topological polar surface area (TPSA) is 60.8 Å². The predicted molar refractivity (Wildman–Crippen MR) is 234 cm³/mol. The van der Waals surface area contributed by atoms with E-state index in [1.54, 1.807) is 0 Å². The van der Waals surface area contributed by atoms with Crippen molar-refractivity contribution in [3.8, 4) is 78.5 Å². The summed E-state index contributed by atoms with van der Waals surface area (Å²) in [6.45, 7) is 13.4. The van der Waals surface area contributed by atoms with Crippen molar-refractivity contribution in [1.29, 1.82) is 0 Å². The van der Waals surface area contributed by atoms with Gasteiger partial charge in [0.1, 0.15) is 11.5 Å². The van der Waals surface area contributed by atoms with Crippen molar-refractivity contribution in [2.45, 2.75) is 52.4 Å². The van der Waals surface area contributed by atoms with Crippen molar-refractivity contribution in [3.63, 3.8) is 0 Å². The minimum Gasteiger partial charge on any atom is -0.457 e. The lowest BCUT2D eigenvalue weighted by Crippen LogP contribution is -2.10. The molecule has 0 aliphatic heterocycles. The third kappa shape index (κ3) is 8.58. The largest absolute Gasteiger partial charge is 0.457 e. The van der Waals surface area contributed by atoms with Gasteiger partial charge >= 0.3 is 0 Å². The molecule has 0 radical (unpaired) electrons. The SMILES string of the molecule is CC(C)(C)c1ccc(-c2cnnc(-c3cc(Oc4cc(-c5ccccc5)cc(-c5cc(-c6ccc(C(C)(C)C)cc6)cnn5)c4)cc(-c4ccccc4)c3)c2)cc1. The van der Waals surface area contributed by atoms with E-state index >= 15 is 0 Å². The van der Waals surface area contributed by atoms with Crippen LogP contribution >= 0.6 is 0 Å². The third-order valence-corrected chi connectivity index (χ3v) is 10.3. The highest BCUT2D eigenvalue weighted by atomic mass is 16.5. The first-order chi connectivity index (χ1) is 27.5. The monoisotopic (exact) mass is 742 g/mol. The highest BCUT2D eigenvalue weighted by Crippen LogP contribution is 2.38. The van der Waals surface area contributed by atoms with Crippen molar-refractivity contribution >= 4 is 0 Å². The van der Waals surface area contributed by atoms with Crippen LogP contribution in [0.25, 0.3) is 67.0 Å². The number of hydrogen-bond donors (Lipinski definition) is 0. The van der Waals surface area contributed by atoms with E-state index in [4.69, 9.17) is 4.74 Å². The fraction of sp³-hybridized carbons (Fsp3) is 0.154. The maximum Gasteiger partial charge on any atom is 0.128 e. The summed E-state index contributed by atoms with van der Waals surface area (Å²) in [7, 11) is 0. The van der Waals surface area contributed by atoms with Crippen molar-refractivity contribution in [3.05, 3.63) is 181 Å². The molecule has 0 amide bonds. The number of nitrogens with zero attached hydrogens (tertiary/aromatic N) is 4. The van der Waals surface area contributed by atoms with Crippen LogP contribution in [0.1, 0.15) is 52.7 Å². The summed E-state index contributed by atoms with van der Waals surface area (Å²) in [5, 5.41) is 18.1. The third-order valence-electron chi connectivity index (χ3n) is 10.3. The van der Waals surface area contributed by atoms with Gasteiger partial charge in [-0.2, -0.15) is 20.4 Å². The molecular weight excluding hydrogens is 697 g/mol. The molecule has 2 heterocycles. The lowest BCUT2D eigenvalue weighted by molar-refractivity contribution is 0.483. The molecule has 0 unspecified atom stereocenters. The highest BCUT2D eigenvalue weighted by molar-refractivity contribution is 5.78. The van der Waals surface area contributed by atoms with Crippen molar-refractivity contribution in [1.82, 2.24) is 20.4 Å². The molecule has 6 aromatic carbocycles. The molecule has 0 spiro atoms. The van der Waals surface area contributed by atoms with E-state index in [1.165, 1.54) is 11.1 Å². The molecule has 0 atom stereocenters. The van der Waals surface area contributed by atoms with Crippen LogP contribution < -0.4 is 4.74 Å². The highest BCUT2D eigenvalue weighted by Gasteiger charge is 2.17. The zero-order valence-corrected chi connectivity index (χ0v) is 33.4. The van der Waals surface area contributed by atoms with E-state index in [2.05, 4.69) is 171 Å². The molecule has 57 heavy (non-hydrogen) atoms. The van der Waals surface area contributed by atoms with Gasteiger partial charge in [0, 0.05) is 22.3 Å². The summed E-state index contributed by atoms with van der Waals surface area (Å²) in [5.41, 5.74) is 14.4. The van der Waals surface area contributed by atoms with Gasteiger partial charge in [0.15, 0.2) is 0 Å². The molecule has 5 heteroatoms. The molecule has 0 saturated heterocycles. The zero-order chi connectivity index (χ0) is 39.6. The van der Waals surface area contributed by atoms with E-state index in [0.717, 1.165) is 67.0 Å². The van der Waals surface area contributed by atoms with Crippen LogP contribution in [-0.4, -0.2) is 20.4 Å². The van der Waals surface area contributed by atoms with Crippen molar-refractivity contribution in [2.75, 3.05) is 0 Å². The number of aromatic nitrogens is 4. The van der Waals surface area contributed by atoms with E-state index in [-0.39, 0.29) is 10.8 Å². The van der Waals surface area contributed by atoms with E-state index in [9.17, 15) is 0 Å². The average molecular weight is 743 g/mol. The van der Waals surface area contributed by atoms with Crippen LogP contribution in [0.4, 0.5) is 0 Å². The zero-order valence-electron chi connectivity index (χ0n) is 33.4. The molecule has 0 aliphatic carbocycles. The molecule has 0 bridgehead atoms. The fourth-order valence-electron chi connectivity index (χ4n) is 7.00. The Morgan fingerprint density at radius 3 is 1.05 bits per heavy atom. The predicted octanol–water partition coefficient (Wildman–Crippen LogP) is 13.7. The molecule has 8 aromatic rings. The first-order valence-electron chi connectivity index (χ1n) is 19.4. The first kappa shape index (κ1) is 37.2.